The van der Waals surface area contributed by atoms with Crippen LogP contribution in [0.3, 0.4) is 0 Å². The van der Waals surface area contributed by atoms with Gasteiger partial charge >= 0.3 is 0 Å². The van der Waals surface area contributed by atoms with E-state index in [9.17, 15) is 4.79 Å². The molecule has 2 aliphatic rings. The Morgan fingerprint density at radius 1 is 1.03 bits per heavy atom. The van der Waals surface area contributed by atoms with Crippen LogP contribution in [-0.4, -0.2) is 64.5 Å². The highest BCUT2D eigenvalue weighted by molar-refractivity contribution is 7.20. The van der Waals surface area contributed by atoms with Crippen molar-refractivity contribution in [2.75, 3.05) is 42.5 Å². The number of rotatable bonds is 3. The van der Waals surface area contributed by atoms with E-state index in [2.05, 4.69) is 44.7 Å². The fourth-order valence-electron chi connectivity index (χ4n) is 4.72. The molecule has 0 N–H and O–H groups in total. The Hall–Kier alpha value is -2.74. The minimum absolute atomic E-state index is 0.152. The summed E-state index contributed by atoms with van der Waals surface area (Å²) in [6.07, 6.45) is 6.85. The van der Waals surface area contributed by atoms with E-state index in [-0.39, 0.29) is 5.91 Å². The van der Waals surface area contributed by atoms with E-state index < -0.39 is 0 Å². The van der Waals surface area contributed by atoms with Crippen LogP contribution in [0.25, 0.3) is 10.2 Å². The number of fused-ring (bicyclic) bond motifs is 1. The lowest BCUT2D eigenvalue weighted by Gasteiger charge is -2.36. The summed E-state index contributed by atoms with van der Waals surface area (Å²) in [4.78, 5) is 35.4. The zero-order chi connectivity index (χ0) is 21.4. The Morgan fingerprint density at radius 3 is 2.58 bits per heavy atom. The molecule has 0 radical (unpaired) electrons. The molecule has 0 spiro atoms. The third-order valence-electron chi connectivity index (χ3n) is 6.52. The molecule has 1 amide bonds. The molecule has 2 saturated heterocycles. The lowest BCUT2D eigenvalue weighted by atomic mass is 10.0. The van der Waals surface area contributed by atoms with Crippen LogP contribution in [0, 0.1) is 6.92 Å². The maximum Gasteiger partial charge on any atom is 0.264 e. The summed E-state index contributed by atoms with van der Waals surface area (Å²) in [5, 5.41) is 1.03. The molecule has 2 aliphatic heterocycles. The van der Waals surface area contributed by atoms with Crippen molar-refractivity contribution in [1.82, 2.24) is 19.9 Å². The zero-order valence-electron chi connectivity index (χ0n) is 18.1. The second kappa shape index (κ2) is 8.42. The summed E-state index contributed by atoms with van der Waals surface area (Å²) < 4.78 is 0. The molecular formula is C23H28N6OS. The number of hydrogen-bond acceptors (Lipinski definition) is 7. The molecule has 8 heteroatoms. The third kappa shape index (κ3) is 3.73. The number of likely N-dealkylation sites (tertiary alicyclic amines) is 1. The van der Waals surface area contributed by atoms with Crippen LogP contribution in [0.2, 0.25) is 0 Å². The van der Waals surface area contributed by atoms with Gasteiger partial charge < -0.3 is 14.7 Å². The van der Waals surface area contributed by atoms with Crippen molar-refractivity contribution in [3.8, 4) is 0 Å². The molecule has 5 rings (SSSR count). The first-order valence-corrected chi connectivity index (χ1v) is 11.9. The number of aryl methyl sites for hydroxylation is 1. The van der Waals surface area contributed by atoms with Crippen molar-refractivity contribution in [2.24, 2.45) is 0 Å². The molecule has 7 nitrogen and oxygen atoms in total. The second-order valence-electron chi connectivity index (χ2n) is 8.44. The number of hydrogen-bond donors (Lipinski definition) is 0. The van der Waals surface area contributed by atoms with Gasteiger partial charge in [0, 0.05) is 45.0 Å². The van der Waals surface area contributed by atoms with Crippen molar-refractivity contribution >= 4 is 39.1 Å². The van der Waals surface area contributed by atoms with E-state index in [0.717, 1.165) is 77.9 Å². The number of anilines is 2. The van der Waals surface area contributed by atoms with Crippen LogP contribution < -0.4 is 9.80 Å². The van der Waals surface area contributed by atoms with Crippen LogP contribution in [0.1, 0.15) is 41.4 Å². The largest absolute Gasteiger partial charge is 0.353 e. The number of carbonyl (C=O) groups is 1. The van der Waals surface area contributed by atoms with Gasteiger partial charge in [0.15, 0.2) is 0 Å². The van der Waals surface area contributed by atoms with Crippen molar-refractivity contribution in [3.63, 3.8) is 0 Å². The van der Waals surface area contributed by atoms with E-state index in [0.29, 0.717) is 6.04 Å². The summed E-state index contributed by atoms with van der Waals surface area (Å²) in [7, 11) is 0. The first-order chi connectivity index (χ1) is 15.1. The fourth-order valence-corrected chi connectivity index (χ4v) is 5.81. The first-order valence-electron chi connectivity index (χ1n) is 11.1. The van der Waals surface area contributed by atoms with Crippen LogP contribution in [0.5, 0.6) is 0 Å². The lowest BCUT2D eigenvalue weighted by molar-refractivity contribution is 0.0640. The third-order valence-corrected chi connectivity index (χ3v) is 7.71. The number of piperidine rings is 1. The number of pyridine rings is 1. The monoisotopic (exact) mass is 436 g/mol. The SMILES string of the molecule is Cc1c(C(=O)N2CCCCC2C)sc2ncnc(N3CCN(c4ccccn4)CC3)c12. The highest BCUT2D eigenvalue weighted by Gasteiger charge is 2.29. The Labute approximate surface area is 186 Å². The minimum Gasteiger partial charge on any atom is -0.353 e. The van der Waals surface area contributed by atoms with Gasteiger partial charge in [0.05, 0.1) is 10.3 Å². The Balaban J connectivity index is 1.41. The minimum atomic E-state index is 0.152. The average molecular weight is 437 g/mol. The topological polar surface area (TPSA) is 65.5 Å². The molecule has 0 aromatic carbocycles. The van der Waals surface area contributed by atoms with Crippen molar-refractivity contribution in [3.05, 3.63) is 41.2 Å². The molecule has 1 unspecified atom stereocenters. The van der Waals surface area contributed by atoms with Gasteiger partial charge in [0.2, 0.25) is 0 Å². The number of thiophene rings is 1. The van der Waals surface area contributed by atoms with Crippen LogP contribution in [0.15, 0.2) is 30.7 Å². The Morgan fingerprint density at radius 2 is 1.84 bits per heavy atom. The smallest absolute Gasteiger partial charge is 0.264 e. The Kier molecular flexibility index (Phi) is 5.48. The molecule has 0 bridgehead atoms. The molecular weight excluding hydrogens is 408 g/mol. The number of nitrogens with zero attached hydrogens (tertiary/aromatic N) is 6. The standard InChI is InChI=1S/C23H28N6OS/c1-16-7-4-6-10-29(16)23(30)20-17(2)19-21(25-15-26-22(19)31-20)28-13-11-27(12-14-28)18-8-3-5-9-24-18/h3,5,8-9,15-16H,4,6-7,10-14H2,1-2H3. The van der Waals surface area contributed by atoms with Gasteiger partial charge in [-0.2, -0.15) is 0 Å². The highest BCUT2D eigenvalue weighted by atomic mass is 32.1. The van der Waals surface area contributed by atoms with Crippen molar-refractivity contribution < 1.29 is 4.79 Å². The number of carbonyl (C=O) groups excluding carboxylic acids is 1. The molecule has 3 aromatic heterocycles. The maximum atomic E-state index is 13.3. The molecule has 2 fully saturated rings. The van der Waals surface area contributed by atoms with E-state index in [1.807, 2.05) is 23.2 Å². The summed E-state index contributed by atoms with van der Waals surface area (Å²) in [6.45, 7) is 8.58. The predicted octanol–water partition coefficient (Wildman–Crippen LogP) is 3.74. The van der Waals surface area contributed by atoms with Gasteiger partial charge in [0.25, 0.3) is 5.91 Å². The van der Waals surface area contributed by atoms with E-state index in [4.69, 9.17) is 0 Å². The van der Waals surface area contributed by atoms with E-state index in [1.165, 1.54) is 17.8 Å². The van der Waals surface area contributed by atoms with Gasteiger partial charge in [-0.05, 0) is 50.8 Å². The normalized spacial score (nSPS) is 19.8. The fraction of sp³-hybridized carbons (Fsp3) is 0.478. The molecule has 3 aromatic rings. The van der Waals surface area contributed by atoms with Gasteiger partial charge in [0.1, 0.15) is 22.8 Å². The van der Waals surface area contributed by atoms with Crippen molar-refractivity contribution in [2.45, 2.75) is 39.2 Å². The molecule has 31 heavy (non-hydrogen) atoms. The van der Waals surface area contributed by atoms with Gasteiger partial charge in [-0.1, -0.05) is 6.07 Å². The van der Waals surface area contributed by atoms with Gasteiger partial charge in [-0.15, -0.1) is 11.3 Å². The van der Waals surface area contributed by atoms with Crippen LogP contribution in [-0.2, 0) is 0 Å². The highest BCUT2D eigenvalue weighted by Crippen LogP contribution is 2.36. The first kappa shape index (κ1) is 20.2. The summed E-state index contributed by atoms with van der Waals surface area (Å²) in [5.74, 6) is 2.12. The van der Waals surface area contributed by atoms with Crippen molar-refractivity contribution in [1.29, 1.82) is 0 Å². The number of aromatic nitrogens is 3. The summed E-state index contributed by atoms with van der Waals surface area (Å²) in [5.41, 5.74) is 1.02. The maximum absolute atomic E-state index is 13.3. The summed E-state index contributed by atoms with van der Waals surface area (Å²) in [6, 6.07) is 6.33. The lowest BCUT2D eigenvalue weighted by Crippen LogP contribution is -2.47. The van der Waals surface area contributed by atoms with E-state index in [1.54, 1.807) is 6.33 Å². The molecule has 0 aliphatic carbocycles. The van der Waals surface area contributed by atoms with Gasteiger partial charge in [-0.25, -0.2) is 15.0 Å². The molecule has 162 valence electrons. The number of piperazine rings is 1. The van der Waals surface area contributed by atoms with Crippen LogP contribution >= 0.6 is 11.3 Å². The number of amides is 1. The van der Waals surface area contributed by atoms with Gasteiger partial charge in [-0.3, -0.25) is 4.79 Å². The molecule has 0 saturated carbocycles. The Bertz CT molecular complexity index is 1080. The predicted molar refractivity (Wildman–Crippen MR) is 125 cm³/mol. The summed E-state index contributed by atoms with van der Waals surface area (Å²) >= 11 is 1.51. The zero-order valence-corrected chi connectivity index (χ0v) is 18.9. The van der Waals surface area contributed by atoms with E-state index >= 15 is 0 Å². The average Bonchev–Trinajstić information content (AvgIpc) is 3.16. The second-order valence-corrected chi connectivity index (χ2v) is 9.44. The molecule has 1 atom stereocenters. The quantitative estimate of drug-likeness (QED) is 0.623. The molecule has 5 heterocycles. The van der Waals surface area contributed by atoms with Crippen LogP contribution in [0.4, 0.5) is 11.6 Å².